The molecule has 1 aliphatic rings. The first-order chi connectivity index (χ1) is 12.7. The van der Waals surface area contributed by atoms with Crippen LogP contribution in [0.15, 0.2) is 42.6 Å². The molecule has 0 spiro atoms. The average molecular weight is 348 g/mol. The molecule has 0 bridgehead atoms. The van der Waals surface area contributed by atoms with Gasteiger partial charge >= 0.3 is 0 Å². The highest BCUT2D eigenvalue weighted by molar-refractivity contribution is 5.66. The molecule has 134 valence electrons. The summed E-state index contributed by atoms with van der Waals surface area (Å²) in [6.07, 6.45) is 4.23. The third kappa shape index (κ3) is 3.27. The topological polar surface area (TPSA) is 69.7 Å². The normalized spacial score (nSPS) is 17.3. The predicted octanol–water partition coefficient (Wildman–Crippen LogP) is 3.60. The van der Waals surface area contributed by atoms with Gasteiger partial charge in [-0.1, -0.05) is 30.3 Å². The second-order valence-corrected chi connectivity index (χ2v) is 6.79. The van der Waals surface area contributed by atoms with Gasteiger partial charge in [-0.15, -0.1) is 0 Å². The first-order valence-corrected chi connectivity index (χ1v) is 9.11. The molecule has 1 aromatic carbocycles. The lowest BCUT2D eigenvalue weighted by Crippen LogP contribution is -2.35. The zero-order valence-electron chi connectivity index (χ0n) is 15.2. The number of benzene rings is 1. The van der Waals surface area contributed by atoms with E-state index in [1.807, 2.05) is 26.2 Å². The molecule has 0 radical (unpaired) electrons. The Hall–Kier alpha value is -2.89. The van der Waals surface area contributed by atoms with E-state index in [4.69, 9.17) is 0 Å². The highest BCUT2D eigenvalue weighted by atomic mass is 15.2. The molecule has 4 rings (SSSR count). The molecule has 1 atom stereocenters. The molecular formula is C20H24N6. The van der Waals surface area contributed by atoms with Crippen molar-refractivity contribution in [3.8, 4) is 11.1 Å². The first kappa shape index (κ1) is 16.6. The Morgan fingerprint density at radius 2 is 2.04 bits per heavy atom. The largest absolute Gasteiger partial charge is 0.357 e. The van der Waals surface area contributed by atoms with Gasteiger partial charge in [-0.2, -0.15) is 10.1 Å². The van der Waals surface area contributed by atoms with Crippen LogP contribution >= 0.6 is 0 Å². The van der Waals surface area contributed by atoms with Crippen molar-refractivity contribution in [3.05, 3.63) is 54.0 Å². The monoisotopic (exact) mass is 348 g/mol. The zero-order valence-corrected chi connectivity index (χ0v) is 15.2. The van der Waals surface area contributed by atoms with E-state index in [1.54, 1.807) is 0 Å². The number of aryl methyl sites for hydroxylation is 1. The van der Waals surface area contributed by atoms with E-state index in [2.05, 4.69) is 60.7 Å². The maximum absolute atomic E-state index is 4.65. The number of nitrogens with zero attached hydrogens (tertiary/aromatic N) is 4. The predicted molar refractivity (Wildman–Crippen MR) is 105 cm³/mol. The van der Waals surface area contributed by atoms with Gasteiger partial charge in [-0.05, 0) is 25.3 Å². The molecule has 0 aliphatic carbocycles. The number of aromatic amines is 1. The van der Waals surface area contributed by atoms with Gasteiger partial charge in [-0.25, -0.2) is 4.98 Å². The van der Waals surface area contributed by atoms with Crippen LogP contribution in [0.25, 0.3) is 11.1 Å². The van der Waals surface area contributed by atoms with Gasteiger partial charge in [0.05, 0.1) is 6.20 Å². The van der Waals surface area contributed by atoms with Crippen LogP contribution < -0.4 is 10.2 Å². The minimum absolute atomic E-state index is 0.412. The number of rotatable bonds is 4. The van der Waals surface area contributed by atoms with E-state index in [9.17, 15) is 0 Å². The SMILES string of the molecule is CNc1nc(C)cc(N2CCCC(c3[nH]ncc3-c3ccccc3)C2)n1. The van der Waals surface area contributed by atoms with Gasteiger partial charge in [0.15, 0.2) is 0 Å². The fourth-order valence-electron chi connectivity index (χ4n) is 3.70. The molecule has 1 fully saturated rings. The summed E-state index contributed by atoms with van der Waals surface area (Å²) in [5, 5.41) is 10.6. The fourth-order valence-corrected chi connectivity index (χ4v) is 3.70. The Morgan fingerprint density at radius 1 is 1.19 bits per heavy atom. The Balaban J connectivity index is 1.61. The quantitative estimate of drug-likeness (QED) is 0.754. The smallest absolute Gasteiger partial charge is 0.224 e. The van der Waals surface area contributed by atoms with Crippen molar-refractivity contribution in [2.24, 2.45) is 0 Å². The van der Waals surface area contributed by atoms with Crippen LogP contribution in [-0.4, -0.2) is 40.3 Å². The van der Waals surface area contributed by atoms with E-state index in [-0.39, 0.29) is 0 Å². The van der Waals surface area contributed by atoms with Crippen LogP contribution in [0.3, 0.4) is 0 Å². The number of nitrogens with one attached hydrogen (secondary N) is 2. The van der Waals surface area contributed by atoms with Crippen LogP contribution in [0.2, 0.25) is 0 Å². The molecular weight excluding hydrogens is 324 g/mol. The fraction of sp³-hybridized carbons (Fsp3) is 0.350. The van der Waals surface area contributed by atoms with Gasteiger partial charge in [-0.3, -0.25) is 5.10 Å². The molecule has 1 aliphatic heterocycles. The molecule has 6 heteroatoms. The van der Waals surface area contributed by atoms with E-state index in [1.165, 1.54) is 16.8 Å². The van der Waals surface area contributed by atoms with E-state index >= 15 is 0 Å². The molecule has 6 nitrogen and oxygen atoms in total. The van der Waals surface area contributed by atoms with E-state index in [0.717, 1.165) is 37.4 Å². The second-order valence-electron chi connectivity index (χ2n) is 6.79. The standard InChI is InChI=1S/C20H24N6/c1-14-11-18(24-20(21-2)23-14)26-10-6-9-16(13-26)19-17(12-22-25-19)15-7-4-3-5-8-15/h3-5,7-8,11-12,16H,6,9-10,13H2,1-2H3,(H,22,25)(H,21,23,24). The molecule has 0 amide bonds. The minimum atomic E-state index is 0.412. The third-order valence-electron chi connectivity index (χ3n) is 4.97. The lowest BCUT2D eigenvalue weighted by Gasteiger charge is -2.33. The lowest BCUT2D eigenvalue weighted by atomic mass is 9.90. The van der Waals surface area contributed by atoms with Crippen LogP contribution in [0.5, 0.6) is 0 Å². The number of piperidine rings is 1. The molecule has 26 heavy (non-hydrogen) atoms. The van der Waals surface area contributed by atoms with Gasteiger partial charge in [0, 0.05) is 49.1 Å². The van der Waals surface area contributed by atoms with Crippen molar-refractivity contribution in [1.29, 1.82) is 0 Å². The Labute approximate surface area is 153 Å². The van der Waals surface area contributed by atoms with Crippen LogP contribution in [0, 0.1) is 6.92 Å². The van der Waals surface area contributed by atoms with E-state index in [0.29, 0.717) is 11.9 Å². The molecule has 2 N–H and O–H groups in total. The Bertz CT molecular complexity index is 873. The number of H-pyrrole nitrogens is 1. The Morgan fingerprint density at radius 3 is 2.85 bits per heavy atom. The maximum Gasteiger partial charge on any atom is 0.224 e. The number of hydrogen-bond acceptors (Lipinski definition) is 5. The number of anilines is 2. The van der Waals surface area contributed by atoms with Crippen LogP contribution in [0.4, 0.5) is 11.8 Å². The summed E-state index contributed by atoms with van der Waals surface area (Å²) in [6.45, 7) is 3.96. The van der Waals surface area contributed by atoms with Crippen LogP contribution in [0.1, 0.15) is 30.1 Å². The van der Waals surface area contributed by atoms with E-state index < -0.39 is 0 Å². The zero-order chi connectivity index (χ0) is 17.9. The summed E-state index contributed by atoms with van der Waals surface area (Å²) in [5.41, 5.74) is 4.62. The first-order valence-electron chi connectivity index (χ1n) is 9.11. The molecule has 3 aromatic rings. The average Bonchev–Trinajstić information content (AvgIpc) is 3.18. The summed E-state index contributed by atoms with van der Waals surface area (Å²) in [5.74, 6) is 2.08. The highest BCUT2D eigenvalue weighted by Crippen LogP contribution is 2.34. The summed E-state index contributed by atoms with van der Waals surface area (Å²) in [4.78, 5) is 11.4. The number of hydrogen-bond donors (Lipinski definition) is 2. The molecule has 1 saturated heterocycles. The minimum Gasteiger partial charge on any atom is -0.357 e. The molecule has 2 aromatic heterocycles. The van der Waals surface area contributed by atoms with Gasteiger partial charge in [0.1, 0.15) is 5.82 Å². The molecule has 0 saturated carbocycles. The van der Waals surface area contributed by atoms with Crippen LogP contribution in [-0.2, 0) is 0 Å². The summed E-state index contributed by atoms with van der Waals surface area (Å²) in [6, 6.07) is 12.5. The second kappa shape index (κ2) is 7.15. The van der Waals surface area contributed by atoms with Crippen molar-refractivity contribution >= 4 is 11.8 Å². The van der Waals surface area contributed by atoms with Gasteiger partial charge < -0.3 is 10.2 Å². The van der Waals surface area contributed by atoms with Gasteiger partial charge in [0.2, 0.25) is 5.95 Å². The highest BCUT2D eigenvalue weighted by Gasteiger charge is 2.26. The number of aromatic nitrogens is 4. The maximum atomic E-state index is 4.65. The molecule has 1 unspecified atom stereocenters. The van der Waals surface area contributed by atoms with Crippen molar-refractivity contribution in [3.63, 3.8) is 0 Å². The van der Waals surface area contributed by atoms with Crippen molar-refractivity contribution in [2.45, 2.75) is 25.7 Å². The third-order valence-corrected chi connectivity index (χ3v) is 4.97. The summed E-state index contributed by atoms with van der Waals surface area (Å²) in [7, 11) is 1.86. The summed E-state index contributed by atoms with van der Waals surface area (Å²) >= 11 is 0. The lowest BCUT2D eigenvalue weighted by molar-refractivity contribution is 0.498. The summed E-state index contributed by atoms with van der Waals surface area (Å²) < 4.78 is 0. The molecule has 3 heterocycles. The van der Waals surface area contributed by atoms with Gasteiger partial charge in [0.25, 0.3) is 0 Å². The Kier molecular flexibility index (Phi) is 4.56. The van der Waals surface area contributed by atoms with Crippen molar-refractivity contribution in [2.75, 3.05) is 30.4 Å². The van der Waals surface area contributed by atoms with Crippen molar-refractivity contribution in [1.82, 2.24) is 20.2 Å². The van der Waals surface area contributed by atoms with Crippen molar-refractivity contribution < 1.29 is 0 Å².